The molecule has 166 valence electrons. The number of amides is 1. The number of para-hydroxylation sites is 1. The topological polar surface area (TPSA) is 68.5 Å². The van der Waals surface area contributed by atoms with Gasteiger partial charge in [0.25, 0.3) is 5.91 Å². The fourth-order valence-corrected chi connectivity index (χ4v) is 5.40. The Balaban J connectivity index is 1.54. The quantitative estimate of drug-likeness (QED) is 0.512. The second kappa shape index (κ2) is 7.80. The van der Waals surface area contributed by atoms with Crippen molar-refractivity contribution >= 4 is 28.3 Å². The van der Waals surface area contributed by atoms with Gasteiger partial charge >= 0.3 is 0 Å². The van der Waals surface area contributed by atoms with Gasteiger partial charge in [0.15, 0.2) is 11.5 Å². The zero-order valence-electron chi connectivity index (χ0n) is 19.0. The van der Waals surface area contributed by atoms with Crippen molar-refractivity contribution in [3.63, 3.8) is 0 Å². The van der Waals surface area contributed by atoms with Gasteiger partial charge in [-0.25, -0.2) is 0 Å². The van der Waals surface area contributed by atoms with Crippen LogP contribution >= 0.6 is 0 Å². The van der Waals surface area contributed by atoms with Crippen LogP contribution < -0.4 is 10.1 Å². The lowest BCUT2D eigenvalue weighted by Crippen LogP contribution is -2.43. The van der Waals surface area contributed by atoms with Crippen LogP contribution in [0.4, 0.5) is 5.69 Å². The van der Waals surface area contributed by atoms with E-state index in [1.54, 1.807) is 0 Å². The fraction of sp³-hybridized carbons (Fsp3) is 0.407. The number of hydrogen-bond acceptors (Lipinski definition) is 4. The first-order valence-corrected chi connectivity index (χ1v) is 11.6. The Labute approximate surface area is 188 Å². The number of ether oxygens (including phenoxy) is 1. The van der Waals surface area contributed by atoms with Crippen molar-refractivity contribution < 1.29 is 18.7 Å². The van der Waals surface area contributed by atoms with Crippen molar-refractivity contribution in [3.05, 3.63) is 58.3 Å². The number of benzene rings is 2. The number of furan rings is 1. The number of rotatable bonds is 3. The third-order valence-corrected chi connectivity index (χ3v) is 7.09. The molecule has 1 N–H and O–H groups in total. The maximum atomic E-state index is 13.3. The zero-order chi connectivity index (χ0) is 22.5. The number of carbonyl (C=O) groups is 2. The molecule has 1 aromatic heterocycles. The molecule has 5 nitrogen and oxygen atoms in total. The molecule has 0 atom stereocenters. The molecule has 2 aromatic carbocycles. The Hall–Kier alpha value is -3.08. The van der Waals surface area contributed by atoms with E-state index in [4.69, 9.17) is 9.15 Å². The number of ketones is 1. The lowest BCUT2D eigenvalue weighted by atomic mass is 9.78. The molecule has 0 bridgehead atoms. The third kappa shape index (κ3) is 3.31. The molecular formula is C27H29NO4. The predicted octanol–water partition coefficient (Wildman–Crippen LogP) is 6.53. The van der Waals surface area contributed by atoms with Crippen molar-refractivity contribution in [1.29, 1.82) is 0 Å². The summed E-state index contributed by atoms with van der Waals surface area (Å²) >= 11 is 0. The summed E-state index contributed by atoms with van der Waals surface area (Å²) < 4.78 is 12.4. The molecule has 1 aliphatic carbocycles. The molecular weight excluding hydrogens is 402 g/mol. The largest absolute Gasteiger partial charge is 0.486 e. The maximum absolute atomic E-state index is 13.3. The Morgan fingerprint density at radius 3 is 2.62 bits per heavy atom. The van der Waals surface area contributed by atoms with Crippen LogP contribution in [0.15, 0.2) is 34.7 Å². The molecule has 1 spiro atoms. The van der Waals surface area contributed by atoms with E-state index in [1.165, 1.54) is 6.42 Å². The molecule has 0 saturated heterocycles. The molecule has 32 heavy (non-hydrogen) atoms. The molecule has 0 unspecified atom stereocenters. The lowest BCUT2D eigenvalue weighted by molar-refractivity contribution is 0.0139. The van der Waals surface area contributed by atoms with Gasteiger partial charge in [0.1, 0.15) is 16.9 Å². The van der Waals surface area contributed by atoms with Gasteiger partial charge in [0.05, 0.1) is 12.0 Å². The summed E-state index contributed by atoms with van der Waals surface area (Å²) in [5.41, 5.74) is 4.32. The Morgan fingerprint density at radius 1 is 1.09 bits per heavy atom. The molecule has 3 aromatic rings. The Morgan fingerprint density at radius 2 is 1.88 bits per heavy atom. The average molecular weight is 432 g/mol. The minimum atomic E-state index is -0.366. The normalized spacial score (nSPS) is 17.3. The average Bonchev–Trinajstić information content (AvgIpc) is 3.12. The van der Waals surface area contributed by atoms with Gasteiger partial charge in [-0.1, -0.05) is 31.5 Å². The van der Waals surface area contributed by atoms with Gasteiger partial charge in [-0.05, 0) is 69.2 Å². The van der Waals surface area contributed by atoms with Gasteiger partial charge in [-0.2, -0.15) is 0 Å². The molecule has 1 amide bonds. The second-order valence-corrected chi connectivity index (χ2v) is 9.23. The standard InChI is InChI=1S/C27H29NO4/c1-4-18-10-8-9-16(2)24(18)28-26(30)25-17(3)22-20(31-25)11-12-21-23(22)19(29)15-27(32-21)13-6-5-7-14-27/h8-12H,4-7,13-15H2,1-3H3,(H,28,30). The van der Waals surface area contributed by atoms with Gasteiger partial charge in [0, 0.05) is 16.6 Å². The first-order valence-electron chi connectivity index (χ1n) is 11.6. The number of Topliss-reactive ketones (excluding diaryl/α,β-unsaturated/α-hetero) is 1. The summed E-state index contributed by atoms with van der Waals surface area (Å²) in [6, 6.07) is 9.63. The van der Waals surface area contributed by atoms with E-state index in [9.17, 15) is 9.59 Å². The molecule has 1 saturated carbocycles. The molecule has 5 heteroatoms. The van der Waals surface area contributed by atoms with E-state index >= 15 is 0 Å². The lowest BCUT2D eigenvalue weighted by Gasteiger charge is -2.40. The van der Waals surface area contributed by atoms with E-state index in [2.05, 4.69) is 12.2 Å². The number of fused-ring (bicyclic) bond motifs is 3. The van der Waals surface area contributed by atoms with Crippen molar-refractivity contribution in [3.8, 4) is 5.75 Å². The number of anilines is 1. The maximum Gasteiger partial charge on any atom is 0.291 e. The number of aryl methyl sites for hydroxylation is 3. The van der Waals surface area contributed by atoms with Crippen molar-refractivity contribution in [1.82, 2.24) is 0 Å². The van der Waals surface area contributed by atoms with Crippen molar-refractivity contribution in [2.75, 3.05) is 5.32 Å². The molecule has 5 rings (SSSR count). The summed E-state index contributed by atoms with van der Waals surface area (Å²) in [6.07, 6.45) is 6.45. The highest BCUT2D eigenvalue weighted by Crippen LogP contribution is 2.45. The smallest absolute Gasteiger partial charge is 0.291 e. The van der Waals surface area contributed by atoms with Crippen molar-refractivity contribution in [2.45, 2.75) is 71.3 Å². The number of carbonyl (C=O) groups excluding carboxylic acids is 2. The van der Waals surface area contributed by atoms with Gasteiger partial charge < -0.3 is 14.5 Å². The molecule has 2 heterocycles. The van der Waals surface area contributed by atoms with Crippen LogP contribution in [-0.4, -0.2) is 17.3 Å². The van der Waals surface area contributed by atoms with Crippen molar-refractivity contribution in [2.24, 2.45) is 0 Å². The minimum Gasteiger partial charge on any atom is -0.486 e. The van der Waals surface area contributed by atoms with E-state index in [-0.39, 0.29) is 23.1 Å². The Kier molecular flexibility index (Phi) is 5.07. The van der Waals surface area contributed by atoms with E-state index in [0.717, 1.165) is 48.9 Å². The van der Waals surface area contributed by atoms with Gasteiger partial charge in [-0.3, -0.25) is 9.59 Å². The summed E-state index contributed by atoms with van der Waals surface area (Å²) in [7, 11) is 0. The highest BCUT2D eigenvalue weighted by atomic mass is 16.5. The van der Waals surface area contributed by atoms with Gasteiger partial charge in [0.2, 0.25) is 0 Å². The first kappa shape index (κ1) is 20.8. The van der Waals surface area contributed by atoms with Crippen LogP contribution in [0.5, 0.6) is 5.75 Å². The number of nitrogens with one attached hydrogen (secondary N) is 1. The minimum absolute atomic E-state index is 0.0850. The highest BCUT2D eigenvalue weighted by Gasteiger charge is 2.42. The molecule has 0 radical (unpaired) electrons. The van der Waals surface area contributed by atoms with E-state index in [0.29, 0.717) is 34.3 Å². The van der Waals surface area contributed by atoms with Crippen LogP contribution in [0.3, 0.4) is 0 Å². The first-order chi connectivity index (χ1) is 15.4. The monoisotopic (exact) mass is 431 g/mol. The van der Waals surface area contributed by atoms with Crippen LogP contribution in [0.2, 0.25) is 0 Å². The predicted molar refractivity (Wildman–Crippen MR) is 125 cm³/mol. The molecule has 2 aliphatic rings. The summed E-state index contributed by atoms with van der Waals surface area (Å²) in [5.74, 6) is 0.647. The van der Waals surface area contributed by atoms with Crippen LogP contribution in [-0.2, 0) is 6.42 Å². The third-order valence-electron chi connectivity index (χ3n) is 7.09. The van der Waals surface area contributed by atoms with Gasteiger partial charge in [-0.15, -0.1) is 0 Å². The molecule has 1 fully saturated rings. The second-order valence-electron chi connectivity index (χ2n) is 9.23. The summed E-state index contributed by atoms with van der Waals surface area (Å²) in [4.78, 5) is 26.5. The molecule has 1 aliphatic heterocycles. The SMILES string of the molecule is CCc1cccc(C)c1NC(=O)c1oc2ccc3c(c2c1C)C(=O)CC1(CCCCC1)O3. The van der Waals surface area contributed by atoms with Crippen LogP contribution in [0.25, 0.3) is 11.0 Å². The van der Waals surface area contributed by atoms with E-state index < -0.39 is 0 Å². The van der Waals surface area contributed by atoms with Crippen LogP contribution in [0.1, 0.15) is 83.1 Å². The summed E-state index contributed by atoms with van der Waals surface area (Å²) in [5, 5.41) is 3.73. The fourth-order valence-electron chi connectivity index (χ4n) is 5.40. The van der Waals surface area contributed by atoms with E-state index in [1.807, 2.05) is 44.2 Å². The zero-order valence-corrected chi connectivity index (χ0v) is 19.0. The van der Waals surface area contributed by atoms with Crippen LogP contribution in [0, 0.1) is 13.8 Å². The summed E-state index contributed by atoms with van der Waals surface area (Å²) in [6.45, 7) is 5.89. The number of hydrogen-bond donors (Lipinski definition) is 1. The highest BCUT2D eigenvalue weighted by molar-refractivity contribution is 6.15. The Bertz CT molecular complexity index is 1230.